The van der Waals surface area contributed by atoms with E-state index in [9.17, 15) is 4.79 Å². The Hall–Kier alpha value is -1.72. The molecule has 108 valence electrons. The largest absolute Gasteiger partial charge is 0.353 e. The normalized spacial score (nSPS) is 25.8. The number of nitrogens with zero attached hydrogens (tertiary/aromatic N) is 4. The van der Waals surface area contributed by atoms with E-state index in [1.807, 2.05) is 4.68 Å². The van der Waals surface area contributed by atoms with Gasteiger partial charge in [-0.15, -0.1) is 5.10 Å². The molecule has 1 aliphatic heterocycles. The van der Waals surface area contributed by atoms with E-state index in [0.29, 0.717) is 12.3 Å². The number of hydrogen-bond acceptors (Lipinski definition) is 4. The third-order valence-corrected chi connectivity index (χ3v) is 4.18. The second-order valence-electron chi connectivity index (χ2n) is 5.73. The van der Waals surface area contributed by atoms with Crippen molar-refractivity contribution in [1.29, 1.82) is 0 Å². The Morgan fingerprint density at radius 2 is 2.35 bits per heavy atom. The summed E-state index contributed by atoms with van der Waals surface area (Å²) in [6.07, 6.45) is 11.2. The molecule has 0 fully saturated rings. The minimum Gasteiger partial charge on any atom is -0.353 e. The monoisotopic (exact) mass is 275 g/mol. The van der Waals surface area contributed by atoms with Crippen LogP contribution in [0.1, 0.15) is 44.3 Å². The summed E-state index contributed by atoms with van der Waals surface area (Å²) < 4.78 is 1.84. The summed E-state index contributed by atoms with van der Waals surface area (Å²) in [5, 5.41) is 14.8. The average Bonchev–Trinajstić information content (AvgIpc) is 2.82. The number of rotatable bonds is 3. The van der Waals surface area contributed by atoms with Crippen molar-refractivity contribution in [3.63, 3.8) is 0 Å². The minimum absolute atomic E-state index is 0.178. The fourth-order valence-electron chi connectivity index (χ4n) is 3.02. The fraction of sp³-hybridized carbons (Fsp3) is 0.714. The van der Waals surface area contributed by atoms with Gasteiger partial charge in [0.1, 0.15) is 0 Å². The summed E-state index contributed by atoms with van der Waals surface area (Å²) in [6.45, 7) is 0.788. The molecule has 20 heavy (non-hydrogen) atoms. The zero-order valence-electron chi connectivity index (χ0n) is 11.7. The molecule has 1 N–H and O–H groups in total. The first-order valence-corrected chi connectivity index (χ1v) is 7.52. The highest BCUT2D eigenvalue weighted by atomic mass is 16.1. The van der Waals surface area contributed by atoms with Gasteiger partial charge in [-0.05, 0) is 48.4 Å². The van der Waals surface area contributed by atoms with Gasteiger partial charge in [-0.1, -0.05) is 12.2 Å². The summed E-state index contributed by atoms with van der Waals surface area (Å²) in [7, 11) is 0. The summed E-state index contributed by atoms with van der Waals surface area (Å²) in [5.41, 5.74) is 0. The summed E-state index contributed by atoms with van der Waals surface area (Å²) >= 11 is 0. The number of aromatic nitrogens is 4. The topological polar surface area (TPSA) is 72.7 Å². The van der Waals surface area contributed by atoms with Crippen molar-refractivity contribution in [1.82, 2.24) is 25.5 Å². The quantitative estimate of drug-likeness (QED) is 0.842. The number of aryl methyl sites for hydroxylation is 2. The SMILES string of the molecule is O=C(CC1C=CCCC1)NC1CCc2nnnn2CC1. The van der Waals surface area contributed by atoms with E-state index < -0.39 is 0 Å². The predicted molar refractivity (Wildman–Crippen MR) is 73.8 cm³/mol. The smallest absolute Gasteiger partial charge is 0.220 e. The van der Waals surface area contributed by atoms with E-state index in [1.54, 1.807) is 0 Å². The Kier molecular flexibility index (Phi) is 4.08. The molecule has 0 saturated carbocycles. The van der Waals surface area contributed by atoms with Gasteiger partial charge >= 0.3 is 0 Å². The first-order chi connectivity index (χ1) is 9.81. The van der Waals surface area contributed by atoms with Crippen LogP contribution in [-0.4, -0.2) is 32.2 Å². The highest BCUT2D eigenvalue weighted by Gasteiger charge is 2.21. The molecule has 2 atom stereocenters. The number of nitrogens with one attached hydrogen (secondary N) is 1. The predicted octanol–water partition coefficient (Wildman–Crippen LogP) is 1.24. The van der Waals surface area contributed by atoms with Crippen molar-refractivity contribution in [2.24, 2.45) is 5.92 Å². The molecular formula is C14H21N5O. The van der Waals surface area contributed by atoms with Gasteiger partial charge in [0.25, 0.3) is 0 Å². The molecule has 1 aliphatic carbocycles. The van der Waals surface area contributed by atoms with Gasteiger partial charge in [-0.2, -0.15) is 0 Å². The number of carbonyl (C=O) groups is 1. The number of amides is 1. The van der Waals surface area contributed by atoms with Crippen LogP contribution in [-0.2, 0) is 17.8 Å². The van der Waals surface area contributed by atoms with E-state index in [2.05, 4.69) is 33.0 Å². The van der Waals surface area contributed by atoms with E-state index in [1.165, 1.54) is 6.42 Å². The minimum atomic E-state index is 0.178. The van der Waals surface area contributed by atoms with Gasteiger partial charge in [0.2, 0.25) is 5.91 Å². The number of hydrogen-bond donors (Lipinski definition) is 1. The standard InChI is InChI=1S/C14H21N5O/c20-14(10-11-4-2-1-3-5-11)15-12-6-7-13-16-17-18-19(13)9-8-12/h2,4,11-12H,1,3,5-10H2,(H,15,20). The molecule has 1 aromatic rings. The molecule has 0 aromatic carbocycles. The van der Waals surface area contributed by atoms with Crippen LogP contribution in [0.5, 0.6) is 0 Å². The van der Waals surface area contributed by atoms with Gasteiger partial charge in [0, 0.05) is 25.4 Å². The Bertz CT molecular complexity index is 473. The molecule has 6 heteroatoms. The average molecular weight is 275 g/mol. The van der Waals surface area contributed by atoms with Crippen LogP contribution >= 0.6 is 0 Å². The Morgan fingerprint density at radius 3 is 3.20 bits per heavy atom. The number of allylic oxidation sites excluding steroid dienone is 2. The van der Waals surface area contributed by atoms with Crippen molar-refractivity contribution in [2.75, 3.05) is 0 Å². The van der Waals surface area contributed by atoms with E-state index in [-0.39, 0.29) is 11.9 Å². The highest BCUT2D eigenvalue weighted by molar-refractivity contribution is 5.76. The molecule has 6 nitrogen and oxygen atoms in total. The highest BCUT2D eigenvalue weighted by Crippen LogP contribution is 2.20. The van der Waals surface area contributed by atoms with Crippen LogP contribution in [0, 0.1) is 5.92 Å². The first kappa shape index (κ1) is 13.3. The van der Waals surface area contributed by atoms with Gasteiger partial charge in [0.15, 0.2) is 5.82 Å². The van der Waals surface area contributed by atoms with Crippen LogP contribution in [0.15, 0.2) is 12.2 Å². The van der Waals surface area contributed by atoms with Crippen LogP contribution < -0.4 is 5.32 Å². The number of tetrazole rings is 1. The van der Waals surface area contributed by atoms with Crippen LogP contribution in [0.4, 0.5) is 0 Å². The van der Waals surface area contributed by atoms with Gasteiger partial charge in [-0.25, -0.2) is 4.68 Å². The summed E-state index contributed by atoms with van der Waals surface area (Å²) in [4.78, 5) is 12.1. The van der Waals surface area contributed by atoms with Crippen molar-refractivity contribution >= 4 is 5.91 Å². The summed E-state index contributed by atoms with van der Waals surface area (Å²) in [5.74, 6) is 1.53. The fourth-order valence-corrected chi connectivity index (χ4v) is 3.02. The zero-order chi connectivity index (χ0) is 13.8. The van der Waals surface area contributed by atoms with Crippen LogP contribution in [0.2, 0.25) is 0 Å². The summed E-state index contributed by atoms with van der Waals surface area (Å²) in [6, 6.07) is 0.235. The second-order valence-corrected chi connectivity index (χ2v) is 5.73. The molecular weight excluding hydrogens is 254 g/mol. The maximum Gasteiger partial charge on any atom is 0.220 e. The third-order valence-electron chi connectivity index (χ3n) is 4.18. The molecule has 1 aromatic heterocycles. The molecule has 2 heterocycles. The lowest BCUT2D eigenvalue weighted by atomic mass is 9.92. The molecule has 0 spiro atoms. The zero-order valence-corrected chi connectivity index (χ0v) is 11.7. The Morgan fingerprint density at radius 1 is 1.40 bits per heavy atom. The lowest BCUT2D eigenvalue weighted by Gasteiger charge is -2.19. The maximum absolute atomic E-state index is 12.1. The third kappa shape index (κ3) is 3.23. The number of carbonyl (C=O) groups excluding carboxylic acids is 1. The molecule has 0 saturated heterocycles. The van der Waals surface area contributed by atoms with Crippen molar-refractivity contribution in [3.05, 3.63) is 18.0 Å². The molecule has 1 amide bonds. The Balaban J connectivity index is 1.48. The van der Waals surface area contributed by atoms with Gasteiger partial charge in [-0.3, -0.25) is 4.79 Å². The van der Waals surface area contributed by atoms with Crippen molar-refractivity contribution in [2.45, 2.75) is 57.5 Å². The Labute approximate surface area is 118 Å². The molecule has 0 radical (unpaired) electrons. The first-order valence-electron chi connectivity index (χ1n) is 7.52. The molecule has 0 bridgehead atoms. The van der Waals surface area contributed by atoms with Gasteiger partial charge in [0.05, 0.1) is 0 Å². The van der Waals surface area contributed by atoms with Crippen molar-refractivity contribution in [3.8, 4) is 0 Å². The second kappa shape index (κ2) is 6.15. The van der Waals surface area contributed by atoms with Crippen molar-refractivity contribution < 1.29 is 4.79 Å². The van der Waals surface area contributed by atoms with E-state index >= 15 is 0 Å². The lowest BCUT2D eigenvalue weighted by molar-refractivity contribution is -0.122. The van der Waals surface area contributed by atoms with E-state index in [0.717, 1.165) is 44.5 Å². The molecule has 2 aliphatic rings. The van der Waals surface area contributed by atoms with Crippen LogP contribution in [0.25, 0.3) is 0 Å². The van der Waals surface area contributed by atoms with E-state index in [4.69, 9.17) is 0 Å². The number of fused-ring (bicyclic) bond motifs is 1. The molecule has 3 rings (SSSR count). The van der Waals surface area contributed by atoms with Crippen LogP contribution in [0.3, 0.4) is 0 Å². The lowest BCUT2D eigenvalue weighted by Crippen LogP contribution is -2.36. The maximum atomic E-state index is 12.1. The van der Waals surface area contributed by atoms with Gasteiger partial charge < -0.3 is 5.32 Å². The molecule has 2 unspecified atom stereocenters.